The Bertz CT molecular complexity index is 2630. The Hall–Kier alpha value is -6.95. The van der Waals surface area contributed by atoms with Gasteiger partial charge in [0.05, 0.1) is 12.0 Å². The lowest BCUT2D eigenvalue weighted by Crippen LogP contribution is -2.60. The van der Waals surface area contributed by atoms with Crippen LogP contribution >= 0.6 is 0 Å². The first kappa shape index (κ1) is 50.9. The van der Waals surface area contributed by atoms with Gasteiger partial charge < -0.3 is 40.5 Å². The monoisotopic (exact) mass is 967 g/mol. The van der Waals surface area contributed by atoms with Crippen molar-refractivity contribution in [2.75, 3.05) is 55.9 Å². The first-order valence-corrected chi connectivity index (χ1v) is 23.3. The molecule has 3 heterocycles. The number of carbonyl (C=O) groups is 6. The molecule has 0 bridgehead atoms. The largest absolute Gasteiger partial charge is 0.444 e. The van der Waals surface area contributed by atoms with Gasteiger partial charge in [0.15, 0.2) is 0 Å². The van der Waals surface area contributed by atoms with E-state index in [-0.39, 0.29) is 31.2 Å². The van der Waals surface area contributed by atoms with E-state index in [2.05, 4.69) is 21.3 Å². The van der Waals surface area contributed by atoms with Crippen LogP contribution in [-0.4, -0.2) is 110 Å². The lowest BCUT2D eigenvalue weighted by Gasteiger charge is -2.40. The summed E-state index contributed by atoms with van der Waals surface area (Å²) in [5.74, 6) is -5.86. The van der Waals surface area contributed by atoms with Crippen LogP contribution in [0.25, 0.3) is 0 Å². The van der Waals surface area contributed by atoms with E-state index in [0.29, 0.717) is 55.8 Å². The van der Waals surface area contributed by atoms with Crippen molar-refractivity contribution in [1.82, 2.24) is 20.4 Å². The van der Waals surface area contributed by atoms with Gasteiger partial charge in [-0.25, -0.2) is 18.0 Å². The minimum atomic E-state index is -1.31. The first-order chi connectivity index (χ1) is 33.1. The highest BCUT2D eigenvalue weighted by molar-refractivity contribution is 6.00. The van der Waals surface area contributed by atoms with E-state index < -0.39 is 82.1 Å². The number of fused-ring (bicyclic) bond motifs is 2. The highest BCUT2D eigenvalue weighted by Gasteiger charge is 2.45. The van der Waals surface area contributed by atoms with Gasteiger partial charge in [-0.1, -0.05) is 36.4 Å². The second kappa shape index (κ2) is 21.0. The number of rotatable bonds is 13. The SMILES string of the molecule is C[C@@H](C(=O)NC(C(=O)N1Cc2cc(NC(=O)CNC(=O)C3(C)CN(C)c4cc(Cc5ccc(F)cc5)ccc43)ccc2CC1C(=O)Nc1c(F)cccc1F)C1CCOCC1)N(C)C(=O)OC(C)(C)C. The van der Waals surface area contributed by atoms with Gasteiger partial charge >= 0.3 is 6.09 Å². The molecular weight excluding hydrogens is 908 g/mol. The Morgan fingerprint density at radius 1 is 0.886 bits per heavy atom. The van der Waals surface area contributed by atoms with Crippen LogP contribution in [0, 0.1) is 23.4 Å². The molecule has 6 amide bonds. The number of carbonyl (C=O) groups excluding carboxylic acids is 6. The van der Waals surface area contributed by atoms with Crippen LogP contribution < -0.4 is 26.2 Å². The molecule has 15 nitrogen and oxygen atoms in total. The molecule has 4 N–H and O–H groups in total. The zero-order valence-electron chi connectivity index (χ0n) is 40.4. The predicted octanol–water partition coefficient (Wildman–Crippen LogP) is 6.22. The molecule has 3 unspecified atom stereocenters. The van der Waals surface area contributed by atoms with Gasteiger partial charge in [-0.3, -0.25) is 28.9 Å². The number of hydrogen-bond donors (Lipinski definition) is 4. The Balaban J connectivity index is 1.08. The molecule has 0 spiro atoms. The molecule has 70 heavy (non-hydrogen) atoms. The summed E-state index contributed by atoms with van der Waals surface area (Å²) in [4.78, 5) is 87.6. The van der Waals surface area contributed by atoms with Crippen molar-refractivity contribution < 1.29 is 51.4 Å². The van der Waals surface area contributed by atoms with Crippen molar-refractivity contribution in [2.24, 2.45) is 5.92 Å². The maximum absolute atomic E-state index is 15.0. The molecular formula is C52H60F3N7O8. The minimum absolute atomic E-state index is 0.0955. The van der Waals surface area contributed by atoms with Crippen molar-refractivity contribution >= 4 is 52.7 Å². The quantitative estimate of drug-likeness (QED) is 0.121. The van der Waals surface area contributed by atoms with Gasteiger partial charge in [0, 0.05) is 58.2 Å². The number of amides is 6. The molecule has 0 aliphatic carbocycles. The number of ether oxygens (including phenoxy) is 2. The van der Waals surface area contributed by atoms with Crippen molar-refractivity contribution in [2.45, 2.75) is 96.0 Å². The third-order valence-corrected chi connectivity index (χ3v) is 13.2. The summed E-state index contributed by atoms with van der Waals surface area (Å²) in [5, 5.41) is 10.8. The van der Waals surface area contributed by atoms with Crippen molar-refractivity contribution in [3.05, 3.63) is 124 Å². The standard InChI is InChI=1S/C52H60F3N7O8/c1-30(61(7)50(68)70-51(2,3)4)46(64)58-44(33-19-21-69-22-20-33)48(66)62-28-35-25-37(17-14-34(35)26-42(62)47(65)59-45-39(54)9-8-10-40(45)55)57-43(63)27-56-49(67)52(5)29-60(6)41-24-32(13-18-38(41)52)23-31-11-15-36(53)16-12-31/h8-18,24-25,30,33,42,44H,19-23,26-29H2,1-7H3,(H,56,67)(H,57,63)(H,58,64)(H,59,65)/t30-,42?,44?,52?/m0/s1. The van der Waals surface area contributed by atoms with Crippen molar-refractivity contribution in [3.63, 3.8) is 0 Å². The van der Waals surface area contributed by atoms with E-state index >= 15 is 4.79 Å². The van der Waals surface area contributed by atoms with Gasteiger partial charge in [0.2, 0.25) is 29.5 Å². The average Bonchev–Trinajstić information content (AvgIpc) is 3.59. The Labute approximate surface area is 405 Å². The molecule has 0 aromatic heterocycles. The van der Waals surface area contributed by atoms with Crippen LogP contribution in [0.5, 0.6) is 0 Å². The van der Waals surface area contributed by atoms with Gasteiger partial charge in [0.1, 0.15) is 46.9 Å². The first-order valence-electron chi connectivity index (χ1n) is 23.3. The van der Waals surface area contributed by atoms with Gasteiger partial charge in [-0.05, 0) is 130 Å². The molecule has 4 aromatic carbocycles. The lowest BCUT2D eigenvalue weighted by atomic mass is 9.83. The number of likely N-dealkylation sites (N-methyl/N-ethyl adjacent to an activating group) is 2. The molecule has 0 radical (unpaired) electrons. The molecule has 7 rings (SSSR count). The summed E-state index contributed by atoms with van der Waals surface area (Å²) in [6.07, 6.45) is 0.490. The third-order valence-electron chi connectivity index (χ3n) is 13.2. The van der Waals surface area contributed by atoms with Crippen molar-refractivity contribution in [1.29, 1.82) is 0 Å². The molecule has 3 aliphatic heterocycles. The van der Waals surface area contributed by atoms with Crippen LogP contribution in [0.2, 0.25) is 0 Å². The summed E-state index contributed by atoms with van der Waals surface area (Å²) in [7, 11) is 3.30. The highest BCUT2D eigenvalue weighted by Crippen LogP contribution is 2.41. The summed E-state index contributed by atoms with van der Waals surface area (Å²) < 4.78 is 54.3. The van der Waals surface area contributed by atoms with Crippen LogP contribution in [-0.2, 0) is 58.2 Å². The molecule has 4 aromatic rings. The Kier molecular flexibility index (Phi) is 15.2. The highest BCUT2D eigenvalue weighted by atomic mass is 19.1. The van der Waals surface area contributed by atoms with Crippen molar-refractivity contribution in [3.8, 4) is 0 Å². The fraction of sp³-hybridized carbons (Fsp3) is 0.423. The zero-order chi connectivity index (χ0) is 50.7. The zero-order valence-corrected chi connectivity index (χ0v) is 40.4. The maximum Gasteiger partial charge on any atom is 0.410 e. The van der Waals surface area contributed by atoms with Gasteiger partial charge in [-0.15, -0.1) is 0 Å². The fourth-order valence-electron chi connectivity index (χ4n) is 9.21. The summed E-state index contributed by atoms with van der Waals surface area (Å²) in [5.41, 5.74) is 2.61. The molecule has 4 atom stereocenters. The predicted molar refractivity (Wildman–Crippen MR) is 256 cm³/mol. The number of hydrogen-bond acceptors (Lipinski definition) is 9. The average molecular weight is 968 g/mol. The maximum atomic E-state index is 15.0. The third kappa shape index (κ3) is 11.6. The van der Waals surface area contributed by atoms with Crippen LogP contribution in [0.1, 0.15) is 75.3 Å². The fourth-order valence-corrected chi connectivity index (χ4v) is 9.21. The van der Waals surface area contributed by atoms with E-state index in [1.165, 1.54) is 31.0 Å². The second-order valence-electron chi connectivity index (χ2n) is 19.5. The van der Waals surface area contributed by atoms with E-state index in [1.807, 2.05) is 37.1 Å². The number of halogens is 3. The molecule has 1 fully saturated rings. The van der Waals surface area contributed by atoms with E-state index in [4.69, 9.17) is 9.47 Å². The number of para-hydroxylation sites is 1. The van der Waals surface area contributed by atoms with E-state index in [9.17, 15) is 37.1 Å². The van der Waals surface area contributed by atoms with Gasteiger partial charge in [-0.2, -0.15) is 0 Å². The normalized spacial score (nSPS) is 18.7. The summed E-state index contributed by atoms with van der Waals surface area (Å²) in [6.45, 7) is 8.78. The molecule has 1 saturated heterocycles. The molecule has 372 valence electrons. The lowest BCUT2D eigenvalue weighted by molar-refractivity contribution is -0.146. The molecule has 3 aliphatic rings. The number of benzene rings is 4. The van der Waals surface area contributed by atoms with E-state index in [0.717, 1.165) is 45.5 Å². The van der Waals surface area contributed by atoms with Crippen LogP contribution in [0.3, 0.4) is 0 Å². The smallest absolute Gasteiger partial charge is 0.410 e. The summed E-state index contributed by atoms with van der Waals surface area (Å²) >= 11 is 0. The van der Waals surface area contributed by atoms with Crippen LogP contribution in [0.4, 0.5) is 35.0 Å². The molecule has 0 saturated carbocycles. The number of nitrogens with one attached hydrogen (secondary N) is 4. The van der Waals surface area contributed by atoms with Crippen LogP contribution in [0.15, 0.2) is 78.9 Å². The second-order valence-corrected chi connectivity index (χ2v) is 19.5. The molecule has 18 heteroatoms. The van der Waals surface area contributed by atoms with Gasteiger partial charge in [0.25, 0.3) is 0 Å². The van der Waals surface area contributed by atoms with E-state index in [1.54, 1.807) is 51.1 Å². The summed E-state index contributed by atoms with van der Waals surface area (Å²) in [6, 6.07) is 16.7. The number of anilines is 3. The Morgan fingerprint density at radius 3 is 2.23 bits per heavy atom. The topological polar surface area (TPSA) is 179 Å². The minimum Gasteiger partial charge on any atom is -0.444 e. The Morgan fingerprint density at radius 2 is 1.56 bits per heavy atom. The number of nitrogens with zero attached hydrogens (tertiary/aromatic N) is 3.